The van der Waals surface area contributed by atoms with Crippen molar-refractivity contribution < 1.29 is 4.79 Å². The number of nitrogens with zero attached hydrogens (tertiary/aromatic N) is 7. The highest BCUT2D eigenvalue weighted by atomic mass is 16.2. The molecule has 1 amide bonds. The quantitative estimate of drug-likeness (QED) is 0.829. The Morgan fingerprint density at radius 2 is 1.85 bits per heavy atom. The summed E-state index contributed by atoms with van der Waals surface area (Å²) in [4.78, 5) is 16.9. The lowest BCUT2D eigenvalue weighted by atomic mass is 10.2. The van der Waals surface area contributed by atoms with Gasteiger partial charge in [-0.2, -0.15) is 15.5 Å². The topological polar surface area (TPSA) is 83.0 Å². The van der Waals surface area contributed by atoms with Gasteiger partial charge < -0.3 is 9.80 Å². The minimum Gasteiger partial charge on any atom is -0.352 e. The van der Waals surface area contributed by atoms with Gasteiger partial charge in [-0.15, -0.1) is 0 Å². The molecule has 0 saturated carbocycles. The minimum atomic E-state index is -0.316. The van der Waals surface area contributed by atoms with Crippen molar-refractivity contribution in [1.82, 2.24) is 24.5 Å². The maximum absolute atomic E-state index is 12.9. The number of amides is 1. The van der Waals surface area contributed by atoms with Crippen molar-refractivity contribution in [2.45, 2.75) is 33.7 Å². The van der Waals surface area contributed by atoms with Gasteiger partial charge in [-0.1, -0.05) is 0 Å². The first-order chi connectivity index (χ1) is 12.3. The van der Waals surface area contributed by atoms with Gasteiger partial charge in [-0.25, -0.2) is 0 Å². The van der Waals surface area contributed by atoms with Crippen molar-refractivity contribution in [2.24, 2.45) is 7.05 Å². The highest BCUT2D eigenvalue weighted by molar-refractivity contribution is 5.80. The highest BCUT2D eigenvalue weighted by Crippen LogP contribution is 2.24. The third-order valence-corrected chi connectivity index (χ3v) is 4.96. The van der Waals surface area contributed by atoms with Crippen LogP contribution < -0.4 is 4.90 Å². The molecule has 1 fully saturated rings. The summed E-state index contributed by atoms with van der Waals surface area (Å²) < 4.78 is 3.55. The van der Waals surface area contributed by atoms with Gasteiger partial charge in [0.2, 0.25) is 5.91 Å². The van der Waals surface area contributed by atoms with Crippen molar-refractivity contribution in [3.63, 3.8) is 0 Å². The first-order valence-corrected chi connectivity index (χ1v) is 8.83. The molecule has 1 atom stereocenters. The molecule has 1 unspecified atom stereocenters. The first kappa shape index (κ1) is 18.0. The zero-order valence-corrected chi connectivity index (χ0v) is 16.0. The summed E-state index contributed by atoms with van der Waals surface area (Å²) in [7, 11) is 1.85. The average Bonchev–Trinajstić information content (AvgIpc) is 3.10. The van der Waals surface area contributed by atoms with E-state index in [0.717, 1.165) is 22.9 Å². The van der Waals surface area contributed by atoms with Crippen LogP contribution in [0, 0.1) is 32.1 Å². The summed E-state index contributed by atoms with van der Waals surface area (Å²) in [5.41, 5.74) is 3.26. The van der Waals surface area contributed by atoms with Gasteiger partial charge in [0.25, 0.3) is 0 Å². The third kappa shape index (κ3) is 3.05. The maximum atomic E-state index is 12.9. The minimum absolute atomic E-state index is 0.0811. The van der Waals surface area contributed by atoms with Crippen molar-refractivity contribution in [2.75, 3.05) is 31.1 Å². The summed E-state index contributed by atoms with van der Waals surface area (Å²) in [6, 6.07) is 3.91. The molecule has 0 radical (unpaired) electrons. The van der Waals surface area contributed by atoms with E-state index in [0.29, 0.717) is 31.7 Å². The maximum Gasteiger partial charge on any atom is 0.247 e. The van der Waals surface area contributed by atoms with E-state index in [1.807, 2.05) is 45.7 Å². The number of rotatable bonds is 3. The molecule has 0 N–H and O–H groups in total. The molecule has 2 aromatic heterocycles. The number of aryl methyl sites for hydroxylation is 4. The van der Waals surface area contributed by atoms with E-state index in [1.165, 1.54) is 0 Å². The molecular formula is C18H25N7O. The molecule has 8 nitrogen and oxygen atoms in total. The fourth-order valence-electron chi connectivity index (χ4n) is 3.69. The van der Waals surface area contributed by atoms with Crippen LogP contribution in [-0.4, -0.2) is 56.5 Å². The summed E-state index contributed by atoms with van der Waals surface area (Å²) in [5, 5.41) is 18.2. The molecule has 0 bridgehead atoms. The molecule has 2 aromatic rings. The largest absolute Gasteiger partial charge is 0.352 e. The Hall–Kier alpha value is -2.82. The highest BCUT2D eigenvalue weighted by Gasteiger charge is 2.29. The van der Waals surface area contributed by atoms with Gasteiger partial charge in [-0.3, -0.25) is 14.2 Å². The van der Waals surface area contributed by atoms with E-state index in [1.54, 1.807) is 9.36 Å². The van der Waals surface area contributed by atoms with E-state index >= 15 is 0 Å². The zero-order chi connectivity index (χ0) is 19.0. The summed E-state index contributed by atoms with van der Waals surface area (Å²) >= 11 is 0. The Kier molecular flexibility index (Phi) is 4.72. The molecule has 3 rings (SSSR count). The van der Waals surface area contributed by atoms with Gasteiger partial charge >= 0.3 is 0 Å². The Labute approximate surface area is 153 Å². The number of anilines is 1. The molecule has 8 heteroatoms. The lowest BCUT2D eigenvalue weighted by Gasteiger charge is -2.37. The molecule has 0 aromatic carbocycles. The lowest BCUT2D eigenvalue weighted by molar-refractivity contribution is -0.134. The normalized spacial score (nSPS) is 15.8. The molecule has 0 aliphatic carbocycles. The first-order valence-electron chi connectivity index (χ1n) is 8.83. The summed E-state index contributed by atoms with van der Waals surface area (Å²) in [6.45, 7) is 10.3. The summed E-state index contributed by atoms with van der Waals surface area (Å²) in [6.07, 6.45) is 0. The third-order valence-electron chi connectivity index (χ3n) is 4.96. The molecule has 138 valence electrons. The second-order valence-electron chi connectivity index (χ2n) is 6.88. The summed E-state index contributed by atoms with van der Waals surface area (Å²) in [5.74, 6) is 0.918. The Morgan fingerprint density at radius 1 is 1.19 bits per heavy atom. The van der Waals surface area contributed by atoms with Crippen molar-refractivity contribution in [3.8, 4) is 6.07 Å². The average molecular weight is 355 g/mol. The number of hydrogen-bond donors (Lipinski definition) is 0. The fourth-order valence-corrected chi connectivity index (χ4v) is 3.69. The molecule has 3 heterocycles. The number of nitriles is 1. The number of piperazine rings is 1. The molecule has 26 heavy (non-hydrogen) atoms. The van der Waals surface area contributed by atoms with Crippen LogP contribution in [0.3, 0.4) is 0 Å². The van der Waals surface area contributed by atoms with E-state index in [4.69, 9.17) is 0 Å². The molecule has 1 aliphatic rings. The van der Waals surface area contributed by atoms with E-state index in [2.05, 4.69) is 21.2 Å². The van der Waals surface area contributed by atoms with Gasteiger partial charge in [-0.05, 0) is 33.8 Å². The van der Waals surface area contributed by atoms with Crippen molar-refractivity contribution >= 4 is 11.7 Å². The van der Waals surface area contributed by atoms with Gasteiger partial charge in [0.05, 0.1) is 11.4 Å². The van der Waals surface area contributed by atoms with Crippen LogP contribution in [0.4, 0.5) is 5.82 Å². The van der Waals surface area contributed by atoms with Crippen molar-refractivity contribution in [1.29, 1.82) is 5.26 Å². The number of carbonyl (C=O) groups is 1. The molecular weight excluding hydrogens is 330 g/mol. The second-order valence-corrected chi connectivity index (χ2v) is 6.88. The van der Waals surface area contributed by atoms with Gasteiger partial charge in [0, 0.05) is 38.9 Å². The van der Waals surface area contributed by atoms with Crippen LogP contribution in [0.25, 0.3) is 0 Å². The standard InChI is InChI=1S/C18H25N7O/c1-12-10-13(2)25(20-12)15(4)18(26)24-8-6-23(7-9-24)17-16(11-19)14(3)21-22(17)5/h10,15H,6-9H2,1-5H3. The predicted octanol–water partition coefficient (Wildman–Crippen LogP) is 1.32. The number of carbonyl (C=O) groups excluding carboxylic acids is 1. The van der Waals surface area contributed by atoms with Crippen LogP contribution in [0.15, 0.2) is 6.07 Å². The fraction of sp³-hybridized carbons (Fsp3) is 0.556. The Balaban J connectivity index is 1.70. The number of hydrogen-bond acceptors (Lipinski definition) is 5. The number of aromatic nitrogens is 4. The van der Waals surface area contributed by atoms with Crippen LogP contribution >= 0.6 is 0 Å². The Morgan fingerprint density at radius 3 is 2.38 bits per heavy atom. The second kappa shape index (κ2) is 6.83. The van der Waals surface area contributed by atoms with Crippen LogP contribution in [0.1, 0.15) is 35.6 Å². The molecule has 0 spiro atoms. The Bertz CT molecular complexity index is 865. The van der Waals surface area contributed by atoms with E-state index in [9.17, 15) is 10.1 Å². The molecule has 1 saturated heterocycles. The zero-order valence-electron chi connectivity index (χ0n) is 16.0. The predicted molar refractivity (Wildman–Crippen MR) is 97.9 cm³/mol. The van der Waals surface area contributed by atoms with Crippen LogP contribution in [0.5, 0.6) is 0 Å². The SMILES string of the molecule is Cc1cc(C)n(C(C)C(=O)N2CCN(c3c(C#N)c(C)nn3C)CC2)n1. The van der Waals surface area contributed by atoms with E-state index in [-0.39, 0.29) is 11.9 Å². The van der Waals surface area contributed by atoms with Crippen LogP contribution in [0.2, 0.25) is 0 Å². The monoisotopic (exact) mass is 355 g/mol. The molecule has 1 aliphatic heterocycles. The van der Waals surface area contributed by atoms with Gasteiger partial charge in [0.1, 0.15) is 23.5 Å². The smallest absolute Gasteiger partial charge is 0.247 e. The van der Waals surface area contributed by atoms with Gasteiger partial charge in [0.15, 0.2) is 0 Å². The lowest BCUT2D eigenvalue weighted by Crippen LogP contribution is -2.51. The van der Waals surface area contributed by atoms with Crippen molar-refractivity contribution in [3.05, 3.63) is 28.7 Å². The van der Waals surface area contributed by atoms with E-state index < -0.39 is 0 Å². The van der Waals surface area contributed by atoms with Crippen LogP contribution in [-0.2, 0) is 11.8 Å².